The molecule has 76 valence electrons. The molecule has 2 aromatic rings. The summed E-state index contributed by atoms with van der Waals surface area (Å²) in [6.07, 6.45) is 0.962. The molecule has 0 atom stereocenters. The maximum Gasteiger partial charge on any atom is 0.150 e. The van der Waals surface area contributed by atoms with Crippen LogP contribution in [0.25, 0.3) is 10.8 Å². The van der Waals surface area contributed by atoms with Crippen molar-refractivity contribution in [2.45, 2.75) is 20.8 Å². The standard InChI is InChI=1S/C14H14O/c1-9-10(2)12-6-4-5-7-13(12)14(8-15)11(9)3/h4-8H,1-3H3. The van der Waals surface area contributed by atoms with E-state index in [1.807, 2.05) is 25.1 Å². The quantitative estimate of drug-likeness (QED) is 0.640. The molecule has 1 nitrogen and oxygen atoms in total. The summed E-state index contributed by atoms with van der Waals surface area (Å²) >= 11 is 0. The lowest BCUT2D eigenvalue weighted by Gasteiger charge is -2.12. The number of aldehydes is 1. The normalized spacial score (nSPS) is 10.6. The molecule has 0 heterocycles. The molecule has 0 radical (unpaired) electrons. The highest BCUT2D eigenvalue weighted by Gasteiger charge is 2.09. The third-order valence-corrected chi connectivity index (χ3v) is 3.27. The minimum atomic E-state index is 0.828. The molecule has 2 aromatic carbocycles. The maximum atomic E-state index is 11.1. The molecule has 0 aliphatic rings. The minimum Gasteiger partial charge on any atom is -0.298 e. The minimum absolute atomic E-state index is 0.828. The second-order valence-corrected chi connectivity index (χ2v) is 3.95. The van der Waals surface area contributed by atoms with Gasteiger partial charge in [0.2, 0.25) is 0 Å². The van der Waals surface area contributed by atoms with Crippen molar-refractivity contribution in [2.24, 2.45) is 0 Å². The van der Waals surface area contributed by atoms with Gasteiger partial charge in [-0.2, -0.15) is 0 Å². The van der Waals surface area contributed by atoms with Gasteiger partial charge in [-0.05, 0) is 48.2 Å². The highest BCUT2D eigenvalue weighted by Crippen LogP contribution is 2.28. The number of carbonyl (C=O) groups is 1. The van der Waals surface area contributed by atoms with Crippen molar-refractivity contribution < 1.29 is 4.79 Å². The van der Waals surface area contributed by atoms with Crippen molar-refractivity contribution in [1.29, 1.82) is 0 Å². The van der Waals surface area contributed by atoms with Gasteiger partial charge in [-0.25, -0.2) is 0 Å². The molecule has 0 N–H and O–H groups in total. The summed E-state index contributed by atoms with van der Waals surface area (Å²) in [5.41, 5.74) is 4.42. The first kappa shape index (κ1) is 9.91. The van der Waals surface area contributed by atoms with E-state index < -0.39 is 0 Å². The summed E-state index contributed by atoms with van der Waals surface area (Å²) in [6, 6.07) is 8.07. The van der Waals surface area contributed by atoms with Crippen LogP contribution < -0.4 is 0 Å². The van der Waals surface area contributed by atoms with Crippen molar-refractivity contribution in [3.05, 3.63) is 46.5 Å². The molecular formula is C14H14O. The van der Waals surface area contributed by atoms with Crippen LogP contribution in [0, 0.1) is 20.8 Å². The van der Waals surface area contributed by atoms with Gasteiger partial charge in [0.1, 0.15) is 0 Å². The van der Waals surface area contributed by atoms with Crippen molar-refractivity contribution in [2.75, 3.05) is 0 Å². The van der Waals surface area contributed by atoms with Crippen LogP contribution >= 0.6 is 0 Å². The SMILES string of the molecule is Cc1c(C)c(C=O)c2ccccc2c1C. The lowest BCUT2D eigenvalue weighted by Crippen LogP contribution is -1.96. The fourth-order valence-corrected chi connectivity index (χ4v) is 2.08. The number of carbonyl (C=O) groups excluding carboxylic acids is 1. The fourth-order valence-electron chi connectivity index (χ4n) is 2.08. The van der Waals surface area contributed by atoms with E-state index >= 15 is 0 Å². The molecule has 0 aliphatic carbocycles. The average Bonchev–Trinajstić information content (AvgIpc) is 2.27. The summed E-state index contributed by atoms with van der Waals surface area (Å²) in [6.45, 7) is 6.20. The number of fused-ring (bicyclic) bond motifs is 1. The molecule has 0 amide bonds. The molecule has 1 heteroatoms. The zero-order chi connectivity index (χ0) is 11.0. The Labute approximate surface area is 89.7 Å². The Kier molecular flexibility index (Phi) is 2.31. The molecule has 0 saturated heterocycles. The monoisotopic (exact) mass is 198 g/mol. The van der Waals surface area contributed by atoms with Gasteiger partial charge in [-0.15, -0.1) is 0 Å². The first-order valence-corrected chi connectivity index (χ1v) is 5.10. The Morgan fingerprint density at radius 2 is 1.47 bits per heavy atom. The van der Waals surface area contributed by atoms with Gasteiger partial charge in [-0.3, -0.25) is 4.79 Å². The number of benzene rings is 2. The molecule has 0 aliphatic heterocycles. The molecule has 0 aromatic heterocycles. The van der Waals surface area contributed by atoms with Crippen molar-refractivity contribution in [3.8, 4) is 0 Å². The highest BCUT2D eigenvalue weighted by atomic mass is 16.1. The van der Waals surface area contributed by atoms with E-state index in [0.717, 1.165) is 22.8 Å². The van der Waals surface area contributed by atoms with Crippen LogP contribution in [0.4, 0.5) is 0 Å². The zero-order valence-corrected chi connectivity index (χ0v) is 9.29. The summed E-state index contributed by atoms with van der Waals surface area (Å²) in [5, 5.41) is 2.25. The van der Waals surface area contributed by atoms with E-state index in [9.17, 15) is 4.79 Å². The maximum absolute atomic E-state index is 11.1. The fraction of sp³-hybridized carbons (Fsp3) is 0.214. The van der Waals surface area contributed by atoms with Crippen molar-refractivity contribution in [3.63, 3.8) is 0 Å². The lowest BCUT2D eigenvalue weighted by atomic mass is 9.92. The molecule has 0 bridgehead atoms. The van der Waals surface area contributed by atoms with Crippen LogP contribution in [-0.4, -0.2) is 6.29 Å². The summed E-state index contributed by atoms with van der Waals surface area (Å²) in [5.74, 6) is 0. The summed E-state index contributed by atoms with van der Waals surface area (Å²) < 4.78 is 0. The van der Waals surface area contributed by atoms with Gasteiger partial charge in [0, 0.05) is 5.56 Å². The Balaban J connectivity index is 3.04. The largest absolute Gasteiger partial charge is 0.298 e. The van der Waals surface area contributed by atoms with Crippen LogP contribution in [0.5, 0.6) is 0 Å². The van der Waals surface area contributed by atoms with E-state index in [1.165, 1.54) is 16.5 Å². The molecule has 2 rings (SSSR count). The van der Waals surface area contributed by atoms with Crippen LogP contribution in [-0.2, 0) is 0 Å². The van der Waals surface area contributed by atoms with Gasteiger partial charge in [0.25, 0.3) is 0 Å². The lowest BCUT2D eigenvalue weighted by molar-refractivity contribution is 0.112. The zero-order valence-electron chi connectivity index (χ0n) is 9.29. The van der Waals surface area contributed by atoms with Crippen LogP contribution in [0.15, 0.2) is 24.3 Å². The smallest absolute Gasteiger partial charge is 0.150 e. The predicted octanol–water partition coefficient (Wildman–Crippen LogP) is 3.58. The predicted molar refractivity (Wildman–Crippen MR) is 63.5 cm³/mol. The third kappa shape index (κ3) is 1.35. The Bertz CT molecular complexity index is 539. The molecule has 0 unspecified atom stereocenters. The van der Waals surface area contributed by atoms with Gasteiger partial charge >= 0.3 is 0 Å². The molecule has 0 spiro atoms. The highest BCUT2D eigenvalue weighted by molar-refractivity contribution is 6.01. The molecule has 15 heavy (non-hydrogen) atoms. The van der Waals surface area contributed by atoms with Crippen LogP contribution in [0.1, 0.15) is 27.0 Å². The first-order valence-electron chi connectivity index (χ1n) is 5.10. The summed E-state index contributed by atoms with van der Waals surface area (Å²) in [7, 11) is 0. The van der Waals surface area contributed by atoms with Gasteiger partial charge in [0.15, 0.2) is 6.29 Å². The number of rotatable bonds is 1. The average molecular weight is 198 g/mol. The second-order valence-electron chi connectivity index (χ2n) is 3.95. The molecule has 0 fully saturated rings. The van der Waals surface area contributed by atoms with Crippen LogP contribution in [0.2, 0.25) is 0 Å². The van der Waals surface area contributed by atoms with E-state index in [-0.39, 0.29) is 0 Å². The topological polar surface area (TPSA) is 17.1 Å². The van der Waals surface area contributed by atoms with E-state index in [0.29, 0.717) is 0 Å². The van der Waals surface area contributed by atoms with E-state index in [2.05, 4.69) is 19.9 Å². The summed E-state index contributed by atoms with van der Waals surface area (Å²) in [4.78, 5) is 11.1. The van der Waals surface area contributed by atoms with Crippen LogP contribution in [0.3, 0.4) is 0 Å². The second kappa shape index (κ2) is 3.50. The third-order valence-electron chi connectivity index (χ3n) is 3.27. The van der Waals surface area contributed by atoms with Gasteiger partial charge in [-0.1, -0.05) is 24.3 Å². The Hall–Kier alpha value is -1.63. The number of aryl methyl sites for hydroxylation is 1. The van der Waals surface area contributed by atoms with E-state index in [4.69, 9.17) is 0 Å². The van der Waals surface area contributed by atoms with Gasteiger partial charge in [0.05, 0.1) is 0 Å². The Morgan fingerprint density at radius 3 is 2.07 bits per heavy atom. The van der Waals surface area contributed by atoms with Crippen molar-refractivity contribution >= 4 is 17.1 Å². The number of hydrogen-bond acceptors (Lipinski definition) is 1. The first-order chi connectivity index (χ1) is 7.16. The van der Waals surface area contributed by atoms with Crippen molar-refractivity contribution in [1.82, 2.24) is 0 Å². The molecular weight excluding hydrogens is 184 g/mol. The van der Waals surface area contributed by atoms with Gasteiger partial charge < -0.3 is 0 Å². The number of hydrogen-bond donors (Lipinski definition) is 0. The Morgan fingerprint density at radius 1 is 0.867 bits per heavy atom. The molecule has 0 saturated carbocycles. The van der Waals surface area contributed by atoms with E-state index in [1.54, 1.807) is 0 Å².